The van der Waals surface area contributed by atoms with Crippen molar-refractivity contribution < 1.29 is 28.8 Å². The zero-order valence-corrected chi connectivity index (χ0v) is 18.2. The molecule has 2 aromatic carbocycles. The van der Waals surface area contributed by atoms with Gasteiger partial charge in [-0.25, -0.2) is 9.69 Å². The zero-order chi connectivity index (χ0) is 24.1. The topological polar surface area (TPSA) is 124 Å². The van der Waals surface area contributed by atoms with E-state index < -0.39 is 23.3 Å². The summed E-state index contributed by atoms with van der Waals surface area (Å²) >= 11 is 0. The van der Waals surface area contributed by atoms with E-state index in [9.17, 15) is 29.3 Å². The molecule has 1 saturated carbocycles. The highest BCUT2D eigenvalue weighted by atomic mass is 16.6. The fourth-order valence-electron chi connectivity index (χ4n) is 5.21. The molecule has 0 spiro atoms. The molecule has 2 amide bonds. The molecule has 34 heavy (non-hydrogen) atoms. The molecule has 1 saturated heterocycles. The summed E-state index contributed by atoms with van der Waals surface area (Å²) in [4.78, 5) is 62.6. The lowest BCUT2D eigenvalue weighted by Crippen LogP contribution is -2.33. The first-order chi connectivity index (χ1) is 16.3. The van der Waals surface area contributed by atoms with E-state index in [-0.39, 0.29) is 52.3 Å². The summed E-state index contributed by atoms with van der Waals surface area (Å²) in [6, 6.07) is 10.0. The number of esters is 1. The maximum absolute atomic E-state index is 13.0. The summed E-state index contributed by atoms with van der Waals surface area (Å²) in [6.45, 7) is 0.952. The quantitative estimate of drug-likeness (QED) is 0.162. The first-order valence-electron chi connectivity index (χ1n) is 10.9. The maximum Gasteiger partial charge on any atom is 0.338 e. The van der Waals surface area contributed by atoms with E-state index in [2.05, 4.69) is 0 Å². The number of amides is 2. The van der Waals surface area contributed by atoms with Gasteiger partial charge in [-0.3, -0.25) is 24.5 Å². The molecule has 0 N–H and O–H groups in total. The summed E-state index contributed by atoms with van der Waals surface area (Å²) in [5.74, 6) is -2.46. The molecule has 5 rings (SSSR count). The van der Waals surface area contributed by atoms with Crippen molar-refractivity contribution >= 4 is 34.9 Å². The van der Waals surface area contributed by atoms with Gasteiger partial charge in [-0.15, -0.1) is 0 Å². The van der Waals surface area contributed by atoms with Crippen molar-refractivity contribution in [3.8, 4) is 0 Å². The molecule has 1 heterocycles. The lowest BCUT2D eigenvalue weighted by molar-refractivity contribution is -0.385. The Morgan fingerprint density at radius 1 is 1.03 bits per heavy atom. The summed E-state index contributed by atoms with van der Waals surface area (Å²) in [6.07, 6.45) is 4.84. The molecule has 0 radical (unpaired) electrons. The molecule has 0 aromatic heterocycles. The van der Waals surface area contributed by atoms with Crippen molar-refractivity contribution in [3.05, 3.63) is 81.4 Å². The zero-order valence-electron chi connectivity index (χ0n) is 18.2. The molecular weight excluding hydrogens is 440 g/mol. The minimum absolute atomic E-state index is 0.0573. The first kappa shape index (κ1) is 21.7. The highest BCUT2D eigenvalue weighted by Gasteiger charge is 2.59. The third-order valence-corrected chi connectivity index (χ3v) is 6.87. The molecule has 172 valence electrons. The van der Waals surface area contributed by atoms with Crippen LogP contribution in [-0.2, 0) is 14.3 Å². The number of carbonyl (C=O) groups excluding carboxylic acids is 4. The molecule has 2 aliphatic carbocycles. The van der Waals surface area contributed by atoms with Crippen LogP contribution in [0.1, 0.15) is 32.7 Å². The first-order valence-corrected chi connectivity index (χ1v) is 10.9. The van der Waals surface area contributed by atoms with E-state index in [1.54, 1.807) is 19.1 Å². The van der Waals surface area contributed by atoms with Crippen LogP contribution in [0.4, 0.5) is 11.4 Å². The predicted octanol–water partition coefficient (Wildman–Crippen LogP) is 3.25. The van der Waals surface area contributed by atoms with E-state index >= 15 is 0 Å². The average Bonchev–Trinajstić information content (AvgIpc) is 3.51. The van der Waals surface area contributed by atoms with E-state index in [1.165, 1.54) is 24.3 Å². The number of nitro groups is 1. The fourth-order valence-corrected chi connectivity index (χ4v) is 5.21. The van der Waals surface area contributed by atoms with Crippen molar-refractivity contribution in [2.45, 2.75) is 13.3 Å². The van der Waals surface area contributed by atoms with Crippen LogP contribution in [0.2, 0.25) is 0 Å². The van der Waals surface area contributed by atoms with Crippen molar-refractivity contribution in [1.82, 2.24) is 0 Å². The van der Waals surface area contributed by atoms with Gasteiger partial charge in [0.15, 0.2) is 6.61 Å². The second-order valence-electron chi connectivity index (χ2n) is 8.82. The molecule has 4 unspecified atom stereocenters. The number of fused-ring (bicyclic) bond motifs is 5. The number of ether oxygens (including phenoxy) is 1. The monoisotopic (exact) mass is 460 g/mol. The Morgan fingerprint density at radius 3 is 2.35 bits per heavy atom. The smallest absolute Gasteiger partial charge is 0.338 e. The number of benzene rings is 2. The third-order valence-electron chi connectivity index (χ3n) is 6.87. The van der Waals surface area contributed by atoms with Gasteiger partial charge in [0.2, 0.25) is 17.6 Å². The molecule has 2 fully saturated rings. The predicted molar refractivity (Wildman–Crippen MR) is 119 cm³/mol. The maximum atomic E-state index is 13.0. The Hall–Kier alpha value is -4.14. The van der Waals surface area contributed by atoms with Crippen LogP contribution in [0, 0.1) is 40.7 Å². The number of allylic oxidation sites excluding steroid dienone is 2. The number of hydrogen-bond acceptors (Lipinski definition) is 7. The van der Waals surface area contributed by atoms with Crippen molar-refractivity contribution in [2.24, 2.45) is 23.7 Å². The van der Waals surface area contributed by atoms with Gasteiger partial charge in [0, 0.05) is 17.2 Å². The fraction of sp³-hybridized carbons (Fsp3) is 0.280. The Morgan fingerprint density at radius 2 is 1.71 bits per heavy atom. The molecule has 1 aliphatic heterocycles. The van der Waals surface area contributed by atoms with Gasteiger partial charge < -0.3 is 4.74 Å². The highest BCUT2D eigenvalue weighted by molar-refractivity contribution is 6.23. The molecule has 4 atom stereocenters. The van der Waals surface area contributed by atoms with Crippen molar-refractivity contribution in [1.29, 1.82) is 0 Å². The van der Waals surface area contributed by atoms with Crippen LogP contribution < -0.4 is 4.90 Å². The number of carbonyl (C=O) groups is 4. The number of nitro benzene ring substituents is 1. The van der Waals surface area contributed by atoms with Crippen LogP contribution >= 0.6 is 0 Å². The second kappa shape index (κ2) is 8.02. The van der Waals surface area contributed by atoms with Crippen LogP contribution in [0.3, 0.4) is 0 Å². The summed E-state index contributed by atoms with van der Waals surface area (Å²) in [7, 11) is 0. The summed E-state index contributed by atoms with van der Waals surface area (Å²) in [5, 5.41) is 11.1. The van der Waals surface area contributed by atoms with Crippen molar-refractivity contribution in [2.75, 3.05) is 11.5 Å². The molecule has 2 aromatic rings. The second-order valence-corrected chi connectivity index (χ2v) is 8.82. The highest BCUT2D eigenvalue weighted by Crippen LogP contribution is 2.53. The van der Waals surface area contributed by atoms with Crippen LogP contribution in [-0.4, -0.2) is 35.1 Å². The number of imide groups is 1. The van der Waals surface area contributed by atoms with Crippen LogP contribution in [0.25, 0.3) is 0 Å². The third kappa shape index (κ3) is 3.40. The van der Waals surface area contributed by atoms with Gasteiger partial charge in [0.05, 0.1) is 28.0 Å². The summed E-state index contributed by atoms with van der Waals surface area (Å²) in [5.41, 5.74) is 0.645. The molecular formula is C25H20N2O7. The summed E-state index contributed by atoms with van der Waals surface area (Å²) < 4.78 is 5.11. The van der Waals surface area contributed by atoms with Gasteiger partial charge >= 0.3 is 5.97 Å². The molecule has 2 bridgehead atoms. The van der Waals surface area contributed by atoms with E-state index in [1.807, 2.05) is 12.2 Å². The Kier molecular flexibility index (Phi) is 5.11. The Bertz CT molecular complexity index is 1270. The molecule has 3 aliphatic rings. The normalized spacial score (nSPS) is 24.4. The number of aryl methyl sites for hydroxylation is 1. The minimum atomic E-state index is -0.808. The van der Waals surface area contributed by atoms with Gasteiger partial charge in [0.25, 0.3) is 5.69 Å². The number of hydrogen-bond donors (Lipinski definition) is 0. The number of ketones is 1. The van der Waals surface area contributed by atoms with Crippen LogP contribution in [0.5, 0.6) is 0 Å². The number of rotatable bonds is 6. The molecule has 9 nitrogen and oxygen atoms in total. The van der Waals surface area contributed by atoms with Gasteiger partial charge in [-0.1, -0.05) is 30.4 Å². The van der Waals surface area contributed by atoms with Gasteiger partial charge in [0.1, 0.15) is 0 Å². The average molecular weight is 460 g/mol. The van der Waals surface area contributed by atoms with E-state index in [0.717, 1.165) is 17.4 Å². The minimum Gasteiger partial charge on any atom is -0.454 e. The van der Waals surface area contributed by atoms with E-state index in [0.29, 0.717) is 11.3 Å². The Labute approximate surface area is 194 Å². The van der Waals surface area contributed by atoms with Gasteiger partial charge in [-0.05, 0) is 43.4 Å². The lowest BCUT2D eigenvalue weighted by Gasteiger charge is -2.18. The van der Waals surface area contributed by atoms with Crippen molar-refractivity contribution in [3.63, 3.8) is 0 Å². The van der Waals surface area contributed by atoms with E-state index in [4.69, 9.17) is 4.74 Å². The largest absolute Gasteiger partial charge is 0.454 e. The molecule has 9 heteroatoms. The van der Waals surface area contributed by atoms with Gasteiger partial charge in [-0.2, -0.15) is 0 Å². The van der Waals surface area contributed by atoms with Crippen LogP contribution in [0.15, 0.2) is 54.6 Å². The number of nitrogens with zero attached hydrogens (tertiary/aromatic N) is 2. The Balaban J connectivity index is 1.29. The number of anilines is 1. The SMILES string of the molecule is Cc1ccc(C(=O)COC(=O)c2cccc(N3C(=O)C4C5C=CC(C5)C4C3=O)c2)cc1[N+](=O)[O-]. The standard InChI is InChI=1S/C25H20N2O7/c1-13-5-6-14(11-19(13)27(32)33)20(28)12-34-25(31)17-3-2-4-18(10-17)26-23(29)21-15-7-8-16(9-15)22(21)24(26)30/h2-8,10-11,15-16,21-22H,9,12H2,1H3. The number of Topliss-reactive ketones (excluding diaryl/α,β-unsaturated/α-hetero) is 1. The lowest BCUT2D eigenvalue weighted by atomic mass is 9.85.